The lowest BCUT2D eigenvalue weighted by Crippen LogP contribution is -2.36. The molecule has 1 saturated heterocycles. The van der Waals surface area contributed by atoms with Crippen molar-refractivity contribution in [2.45, 2.75) is 18.8 Å². The van der Waals surface area contributed by atoms with Gasteiger partial charge in [-0.1, -0.05) is 0 Å². The Kier molecular flexibility index (Phi) is 3.40. The lowest BCUT2D eigenvalue weighted by atomic mass is 9.97. The lowest BCUT2D eigenvalue weighted by molar-refractivity contribution is -0.138. The van der Waals surface area contributed by atoms with Crippen molar-refractivity contribution in [3.8, 4) is 0 Å². The molecule has 20 heavy (non-hydrogen) atoms. The Bertz CT molecular complexity index is 632. The summed E-state index contributed by atoms with van der Waals surface area (Å²) < 4.78 is 18.8. The van der Waals surface area contributed by atoms with Gasteiger partial charge in [0.25, 0.3) is 0 Å². The molecule has 106 valence electrons. The van der Waals surface area contributed by atoms with E-state index >= 15 is 0 Å². The molecular formula is C14H15FN2O3. The van der Waals surface area contributed by atoms with Crippen LogP contribution in [-0.4, -0.2) is 40.6 Å². The van der Waals surface area contributed by atoms with Crippen LogP contribution in [0.5, 0.6) is 0 Å². The van der Waals surface area contributed by atoms with Crippen LogP contribution in [-0.2, 0) is 4.79 Å². The highest BCUT2D eigenvalue weighted by atomic mass is 19.1. The van der Waals surface area contributed by atoms with Gasteiger partial charge in [0, 0.05) is 12.0 Å². The van der Waals surface area contributed by atoms with Gasteiger partial charge in [0.2, 0.25) is 0 Å². The zero-order valence-corrected chi connectivity index (χ0v) is 10.9. The Morgan fingerprint density at radius 2 is 2.20 bits per heavy atom. The minimum Gasteiger partial charge on any atom is -0.480 e. The number of aliphatic carboxylic acids is 1. The summed E-state index contributed by atoms with van der Waals surface area (Å²) in [6.07, 6.45) is 1.62. The molecule has 1 aromatic heterocycles. The van der Waals surface area contributed by atoms with Crippen molar-refractivity contribution in [1.82, 2.24) is 9.88 Å². The normalized spacial score (nSPS) is 17.6. The van der Waals surface area contributed by atoms with Gasteiger partial charge >= 0.3 is 5.97 Å². The molecule has 0 radical (unpaired) electrons. The van der Waals surface area contributed by atoms with Crippen LogP contribution >= 0.6 is 0 Å². The van der Waals surface area contributed by atoms with E-state index in [1.807, 2.05) is 4.90 Å². The van der Waals surface area contributed by atoms with Crippen LogP contribution in [0.15, 0.2) is 22.6 Å². The van der Waals surface area contributed by atoms with Crippen molar-refractivity contribution < 1.29 is 18.7 Å². The number of oxazole rings is 1. The number of aromatic nitrogens is 1. The molecule has 0 bridgehead atoms. The third-order valence-corrected chi connectivity index (χ3v) is 3.66. The van der Waals surface area contributed by atoms with Crippen LogP contribution in [0, 0.1) is 5.82 Å². The number of benzene rings is 1. The fourth-order valence-corrected chi connectivity index (χ4v) is 2.62. The van der Waals surface area contributed by atoms with E-state index in [2.05, 4.69) is 4.98 Å². The van der Waals surface area contributed by atoms with Crippen molar-refractivity contribution in [1.29, 1.82) is 0 Å². The molecule has 3 rings (SSSR count). The first-order valence-corrected chi connectivity index (χ1v) is 6.62. The van der Waals surface area contributed by atoms with Crippen LogP contribution < -0.4 is 0 Å². The van der Waals surface area contributed by atoms with Gasteiger partial charge in [0.15, 0.2) is 11.5 Å². The number of carboxylic acid groups (broad SMARTS) is 1. The summed E-state index contributed by atoms with van der Waals surface area (Å²) in [5.41, 5.74) is 1.13. The standard InChI is InChI=1S/C14H15FN2O3/c15-10-1-2-12-11(7-10)16-14(20-12)9-3-5-17(6-4-9)8-13(18)19/h1-2,7,9H,3-6,8H2,(H,18,19). The van der Waals surface area contributed by atoms with Crippen LogP contribution in [0.4, 0.5) is 4.39 Å². The fraction of sp³-hybridized carbons (Fsp3) is 0.429. The van der Waals surface area contributed by atoms with Crippen molar-refractivity contribution in [2.75, 3.05) is 19.6 Å². The Morgan fingerprint density at radius 3 is 2.90 bits per heavy atom. The topological polar surface area (TPSA) is 66.6 Å². The number of piperidine rings is 1. The summed E-state index contributed by atoms with van der Waals surface area (Å²) in [6.45, 7) is 1.50. The maximum Gasteiger partial charge on any atom is 0.317 e. The molecule has 0 aliphatic carbocycles. The molecule has 1 fully saturated rings. The number of hydrogen-bond acceptors (Lipinski definition) is 4. The van der Waals surface area contributed by atoms with Gasteiger partial charge in [0.05, 0.1) is 6.54 Å². The van der Waals surface area contributed by atoms with E-state index in [1.54, 1.807) is 6.07 Å². The van der Waals surface area contributed by atoms with Gasteiger partial charge in [-0.25, -0.2) is 9.37 Å². The molecule has 1 aromatic carbocycles. The van der Waals surface area contributed by atoms with Crippen molar-refractivity contribution in [2.24, 2.45) is 0 Å². The molecule has 0 unspecified atom stereocenters. The quantitative estimate of drug-likeness (QED) is 0.932. The zero-order chi connectivity index (χ0) is 14.1. The van der Waals surface area contributed by atoms with E-state index in [4.69, 9.17) is 9.52 Å². The molecule has 0 atom stereocenters. The van der Waals surface area contributed by atoms with Crippen LogP contribution in [0.3, 0.4) is 0 Å². The van der Waals surface area contributed by atoms with Crippen molar-refractivity contribution >= 4 is 17.1 Å². The highest BCUT2D eigenvalue weighted by Crippen LogP contribution is 2.29. The van der Waals surface area contributed by atoms with Gasteiger partial charge in [-0.05, 0) is 38.1 Å². The van der Waals surface area contributed by atoms with Gasteiger partial charge in [-0.15, -0.1) is 0 Å². The minimum atomic E-state index is -0.805. The summed E-state index contributed by atoms with van der Waals surface area (Å²) >= 11 is 0. The van der Waals surface area contributed by atoms with E-state index < -0.39 is 5.97 Å². The molecule has 0 spiro atoms. The number of fused-ring (bicyclic) bond motifs is 1. The average Bonchev–Trinajstić information content (AvgIpc) is 2.81. The van der Waals surface area contributed by atoms with E-state index in [0.717, 1.165) is 12.8 Å². The summed E-state index contributed by atoms with van der Waals surface area (Å²) in [7, 11) is 0. The molecule has 0 amide bonds. The second-order valence-corrected chi connectivity index (χ2v) is 5.11. The number of carboxylic acids is 1. The smallest absolute Gasteiger partial charge is 0.317 e. The molecular weight excluding hydrogens is 263 g/mol. The third-order valence-electron chi connectivity index (χ3n) is 3.66. The molecule has 1 aliphatic rings. The molecule has 5 nitrogen and oxygen atoms in total. The first-order valence-electron chi connectivity index (χ1n) is 6.62. The van der Waals surface area contributed by atoms with Crippen LogP contribution in [0.25, 0.3) is 11.1 Å². The van der Waals surface area contributed by atoms with Crippen LogP contribution in [0.1, 0.15) is 24.7 Å². The summed E-state index contributed by atoms with van der Waals surface area (Å²) in [6, 6.07) is 4.30. The molecule has 2 heterocycles. The Labute approximate surface area is 115 Å². The number of nitrogens with zero attached hydrogens (tertiary/aromatic N) is 2. The van der Waals surface area contributed by atoms with E-state index in [-0.39, 0.29) is 18.3 Å². The van der Waals surface area contributed by atoms with E-state index in [0.29, 0.717) is 30.1 Å². The number of hydrogen-bond donors (Lipinski definition) is 1. The monoisotopic (exact) mass is 278 g/mol. The second kappa shape index (κ2) is 5.20. The molecule has 2 aromatic rings. The first-order chi connectivity index (χ1) is 9.61. The maximum atomic E-state index is 13.1. The molecule has 1 N–H and O–H groups in total. The average molecular weight is 278 g/mol. The largest absolute Gasteiger partial charge is 0.480 e. The van der Waals surface area contributed by atoms with Gasteiger partial charge in [0.1, 0.15) is 11.3 Å². The van der Waals surface area contributed by atoms with Gasteiger partial charge in [-0.3, -0.25) is 9.69 Å². The Morgan fingerprint density at radius 1 is 1.45 bits per heavy atom. The van der Waals surface area contributed by atoms with Gasteiger partial charge < -0.3 is 9.52 Å². The first kappa shape index (κ1) is 13.1. The lowest BCUT2D eigenvalue weighted by Gasteiger charge is -2.28. The number of rotatable bonds is 3. The molecule has 1 aliphatic heterocycles. The molecule has 6 heteroatoms. The highest BCUT2D eigenvalue weighted by Gasteiger charge is 2.25. The predicted molar refractivity (Wildman–Crippen MR) is 70.0 cm³/mol. The third kappa shape index (κ3) is 2.65. The predicted octanol–water partition coefficient (Wildman–Crippen LogP) is 2.23. The highest BCUT2D eigenvalue weighted by molar-refractivity contribution is 5.72. The maximum absolute atomic E-state index is 13.1. The summed E-state index contributed by atoms with van der Waals surface area (Å²) in [4.78, 5) is 16.9. The summed E-state index contributed by atoms with van der Waals surface area (Å²) in [5.74, 6) is -0.328. The Hall–Kier alpha value is -1.95. The summed E-state index contributed by atoms with van der Waals surface area (Å²) in [5, 5.41) is 8.76. The number of carbonyl (C=O) groups is 1. The van der Waals surface area contributed by atoms with Crippen LogP contribution in [0.2, 0.25) is 0 Å². The SMILES string of the molecule is O=C(O)CN1CCC(c2nc3cc(F)ccc3o2)CC1. The minimum absolute atomic E-state index is 0.0749. The number of likely N-dealkylation sites (tertiary alicyclic amines) is 1. The zero-order valence-electron chi connectivity index (χ0n) is 10.9. The van der Waals surface area contributed by atoms with E-state index in [9.17, 15) is 9.18 Å². The van der Waals surface area contributed by atoms with Gasteiger partial charge in [-0.2, -0.15) is 0 Å². The van der Waals surface area contributed by atoms with E-state index in [1.165, 1.54) is 12.1 Å². The Balaban J connectivity index is 1.71. The fourth-order valence-electron chi connectivity index (χ4n) is 2.62. The van der Waals surface area contributed by atoms with Crippen molar-refractivity contribution in [3.05, 3.63) is 29.9 Å². The molecule has 0 saturated carbocycles. The van der Waals surface area contributed by atoms with Crippen molar-refractivity contribution in [3.63, 3.8) is 0 Å². The number of halogens is 1. The second-order valence-electron chi connectivity index (χ2n) is 5.11.